The summed E-state index contributed by atoms with van der Waals surface area (Å²) in [6.45, 7) is 1.90. The number of hydrogen-bond acceptors (Lipinski definition) is 6. The lowest BCUT2D eigenvalue weighted by Gasteiger charge is -2.28. The number of ether oxygens (including phenoxy) is 2. The molecule has 0 spiro atoms. The Labute approximate surface area is 120 Å². The molecule has 0 bridgehead atoms. The van der Waals surface area contributed by atoms with E-state index >= 15 is 0 Å². The lowest BCUT2D eigenvalue weighted by molar-refractivity contribution is 0.00315. The zero-order chi connectivity index (χ0) is 13.5. The van der Waals surface area contributed by atoms with Crippen molar-refractivity contribution < 1.29 is 14.6 Å². The molecule has 2 aliphatic heterocycles. The van der Waals surface area contributed by atoms with E-state index in [1.54, 1.807) is 11.3 Å². The molecule has 1 aromatic heterocycles. The third-order valence-corrected chi connectivity index (χ3v) is 4.81. The van der Waals surface area contributed by atoms with E-state index in [1.807, 2.05) is 6.07 Å². The molecule has 20 heavy (non-hydrogen) atoms. The van der Waals surface area contributed by atoms with Gasteiger partial charge in [0.25, 0.3) is 0 Å². The molecule has 106 valence electrons. The summed E-state index contributed by atoms with van der Waals surface area (Å²) in [7, 11) is 0. The largest absolute Gasteiger partial charge is 0.493 e. The van der Waals surface area contributed by atoms with Crippen LogP contribution >= 0.6 is 11.3 Å². The van der Waals surface area contributed by atoms with Crippen LogP contribution in [0.3, 0.4) is 0 Å². The fourth-order valence-corrected chi connectivity index (χ4v) is 3.71. The molecule has 6 heteroatoms. The van der Waals surface area contributed by atoms with Gasteiger partial charge in [0.1, 0.15) is 5.75 Å². The lowest BCUT2D eigenvalue weighted by Crippen LogP contribution is -2.42. The maximum atomic E-state index is 9.97. The molecule has 5 nitrogen and oxygen atoms in total. The first-order valence-electron chi connectivity index (χ1n) is 6.89. The van der Waals surface area contributed by atoms with Crippen LogP contribution < -0.4 is 10.1 Å². The summed E-state index contributed by atoms with van der Waals surface area (Å²) in [4.78, 5) is 4.67. The molecule has 1 saturated heterocycles. The second kappa shape index (κ2) is 4.87. The lowest BCUT2D eigenvalue weighted by atomic mass is 10.1. The standard InChI is InChI=1S/C14H16N2O3S/c17-10-4-5-18-7-9(10)15-14-16-13-8-3-6-19-11(8)1-2-12(13)20-14/h1-2,9-10,17H,3-7H2,(H,15,16)/t9-,10+/m1/s1. The Bertz CT molecular complexity index is 643. The first kappa shape index (κ1) is 12.4. The zero-order valence-electron chi connectivity index (χ0n) is 11.0. The summed E-state index contributed by atoms with van der Waals surface area (Å²) >= 11 is 1.61. The van der Waals surface area contributed by atoms with Crippen LogP contribution in [-0.4, -0.2) is 42.1 Å². The van der Waals surface area contributed by atoms with Crippen LogP contribution in [0.15, 0.2) is 12.1 Å². The summed E-state index contributed by atoms with van der Waals surface area (Å²) in [6.07, 6.45) is 1.22. The normalized spacial score (nSPS) is 25.4. The van der Waals surface area contributed by atoms with Crippen molar-refractivity contribution in [3.63, 3.8) is 0 Å². The van der Waals surface area contributed by atoms with Crippen LogP contribution in [0.25, 0.3) is 10.2 Å². The Morgan fingerprint density at radius 1 is 1.35 bits per heavy atom. The molecular weight excluding hydrogens is 276 g/mol. The maximum absolute atomic E-state index is 9.97. The molecule has 0 saturated carbocycles. The van der Waals surface area contributed by atoms with Gasteiger partial charge in [0.15, 0.2) is 5.13 Å². The van der Waals surface area contributed by atoms with Gasteiger partial charge in [0.2, 0.25) is 0 Å². The fourth-order valence-electron chi connectivity index (χ4n) is 2.75. The number of benzene rings is 1. The SMILES string of the molecule is O[C@H]1CCOC[C@H]1Nc1nc2c3c(ccc2s1)OCC3. The molecule has 0 unspecified atom stereocenters. The van der Waals surface area contributed by atoms with Gasteiger partial charge < -0.3 is 19.9 Å². The van der Waals surface area contributed by atoms with E-state index in [0.29, 0.717) is 19.6 Å². The highest BCUT2D eigenvalue weighted by Gasteiger charge is 2.25. The summed E-state index contributed by atoms with van der Waals surface area (Å²) in [5.41, 5.74) is 2.23. The second-order valence-electron chi connectivity index (χ2n) is 5.19. The highest BCUT2D eigenvalue weighted by atomic mass is 32.1. The number of nitrogens with zero attached hydrogens (tertiary/aromatic N) is 1. The molecule has 0 radical (unpaired) electrons. The van der Waals surface area contributed by atoms with Gasteiger partial charge in [-0.1, -0.05) is 11.3 Å². The van der Waals surface area contributed by atoms with Crippen LogP contribution in [0.4, 0.5) is 5.13 Å². The quantitative estimate of drug-likeness (QED) is 0.883. The van der Waals surface area contributed by atoms with Crippen molar-refractivity contribution in [2.24, 2.45) is 0 Å². The third kappa shape index (κ3) is 2.04. The highest BCUT2D eigenvalue weighted by molar-refractivity contribution is 7.22. The van der Waals surface area contributed by atoms with Crippen molar-refractivity contribution in [2.75, 3.05) is 25.1 Å². The predicted molar refractivity (Wildman–Crippen MR) is 77.7 cm³/mol. The topological polar surface area (TPSA) is 63.6 Å². The number of aliphatic hydroxyl groups excluding tert-OH is 1. The number of aliphatic hydroxyl groups is 1. The predicted octanol–water partition coefficient (Wildman–Crippen LogP) is 1.79. The second-order valence-corrected chi connectivity index (χ2v) is 6.22. The van der Waals surface area contributed by atoms with E-state index in [4.69, 9.17) is 9.47 Å². The number of aromatic nitrogens is 1. The number of hydrogen-bond donors (Lipinski definition) is 2. The summed E-state index contributed by atoms with van der Waals surface area (Å²) in [6, 6.07) is 4.00. The number of nitrogens with one attached hydrogen (secondary N) is 1. The minimum Gasteiger partial charge on any atom is -0.493 e. The zero-order valence-corrected chi connectivity index (χ0v) is 11.8. The molecule has 0 aliphatic carbocycles. The molecule has 1 aromatic carbocycles. The first-order valence-corrected chi connectivity index (χ1v) is 7.70. The molecule has 4 rings (SSSR count). The average molecular weight is 292 g/mol. The first-order chi connectivity index (χ1) is 9.81. The van der Waals surface area contributed by atoms with Crippen molar-refractivity contribution in [1.82, 2.24) is 4.98 Å². The molecule has 0 amide bonds. The number of anilines is 1. The van der Waals surface area contributed by atoms with Crippen molar-refractivity contribution in [2.45, 2.75) is 25.0 Å². The van der Waals surface area contributed by atoms with Crippen molar-refractivity contribution in [3.05, 3.63) is 17.7 Å². The Morgan fingerprint density at radius 2 is 2.30 bits per heavy atom. The van der Waals surface area contributed by atoms with Crippen LogP contribution in [0.1, 0.15) is 12.0 Å². The van der Waals surface area contributed by atoms with E-state index in [-0.39, 0.29) is 12.1 Å². The van der Waals surface area contributed by atoms with E-state index in [2.05, 4.69) is 16.4 Å². The molecule has 2 aromatic rings. The molecule has 3 heterocycles. The van der Waals surface area contributed by atoms with Gasteiger partial charge in [0.05, 0.1) is 35.6 Å². The average Bonchev–Trinajstić information content (AvgIpc) is 3.06. The summed E-state index contributed by atoms with van der Waals surface area (Å²) < 4.78 is 12.1. The maximum Gasteiger partial charge on any atom is 0.184 e. The van der Waals surface area contributed by atoms with Gasteiger partial charge in [0, 0.05) is 18.6 Å². The molecular formula is C14H16N2O3S. The monoisotopic (exact) mass is 292 g/mol. The van der Waals surface area contributed by atoms with Gasteiger partial charge in [-0.3, -0.25) is 0 Å². The number of fused-ring (bicyclic) bond motifs is 3. The van der Waals surface area contributed by atoms with E-state index in [1.165, 1.54) is 5.56 Å². The summed E-state index contributed by atoms with van der Waals surface area (Å²) in [5.74, 6) is 0.954. The summed E-state index contributed by atoms with van der Waals surface area (Å²) in [5, 5.41) is 14.1. The van der Waals surface area contributed by atoms with E-state index in [0.717, 1.165) is 34.1 Å². The molecule has 2 atom stereocenters. The smallest absolute Gasteiger partial charge is 0.184 e. The van der Waals surface area contributed by atoms with Crippen LogP contribution in [0.5, 0.6) is 5.75 Å². The van der Waals surface area contributed by atoms with Gasteiger partial charge in [-0.05, 0) is 18.6 Å². The molecule has 1 fully saturated rings. The minimum absolute atomic E-state index is 0.0754. The van der Waals surface area contributed by atoms with Crippen LogP contribution in [0, 0.1) is 0 Å². The Kier molecular flexibility index (Phi) is 3.02. The van der Waals surface area contributed by atoms with Crippen molar-refractivity contribution in [3.8, 4) is 5.75 Å². The van der Waals surface area contributed by atoms with Crippen LogP contribution in [0.2, 0.25) is 0 Å². The molecule has 2 N–H and O–H groups in total. The molecule has 2 aliphatic rings. The van der Waals surface area contributed by atoms with E-state index < -0.39 is 0 Å². The van der Waals surface area contributed by atoms with Crippen molar-refractivity contribution >= 4 is 26.7 Å². The Morgan fingerprint density at radius 3 is 3.20 bits per heavy atom. The number of thiazole rings is 1. The number of rotatable bonds is 2. The highest BCUT2D eigenvalue weighted by Crippen LogP contribution is 2.36. The van der Waals surface area contributed by atoms with Crippen LogP contribution in [-0.2, 0) is 11.2 Å². The van der Waals surface area contributed by atoms with Gasteiger partial charge >= 0.3 is 0 Å². The Balaban J connectivity index is 1.64. The van der Waals surface area contributed by atoms with Crippen molar-refractivity contribution in [1.29, 1.82) is 0 Å². The fraction of sp³-hybridized carbons (Fsp3) is 0.500. The van der Waals surface area contributed by atoms with Gasteiger partial charge in [-0.15, -0.1) is 0 Å². The van der Waals surface area contributed by atoms with Gasteiger partial charge in [-0.2, -0.15) is 0 Å². The minimum atomic E-state index is -0.371. The third-order valence-electron chi connectivity index (χ3n) is 3.86. The van der Waals surface area contributed by atoms with Gasteiger partial charge in [-0.25, -0.2) is 4.98 Å². The van der Waals surface area contributed by atoms with E-state index in [9.17, 15) is 5.11 Å². The Hall–Kier alpha value is -1.37.